The fourth-order valence-electron chi connectivity index (χ4n) is 2.59. The zero-order valence-corrected chi connectivity index (χ0v) is 7.59. The van der Waals surface area contributed by atoms with Crippen molar-refractivity contribution in [3.8, 4) is 0 Å². The van der Waals surface area contributed by atoms with Gasteiger partial charge in [0.15, 0.2) is 0 Å². The van der Waals surface area contributed by atoms with Crippen molar-refractivity contribution in [2.75, 3.05) is 0 Å². The van der Waals surface area contributed by atoms with Crippen LogP contribution in [-0.2, 0) is 9.59 Å². The lowest BCUT2D eigenvalue weighted by Gasteiger charge is -2.48. The first-order valence-corrected chi connectivity index (χ1v) is 4.58. The molecule has 0 heterocycles. The van der Waals surface area contributed by atoms with Crippen molar-refractivity contribution in [2.24, 2.45) is 17.3 Å². The summed E-state index contributed by atoms with van der Waals surface area (Å²) in [6.45, 7) is 4.21. The molecule has 0 aromatic rings. The maximum Gasteiger partial charge on any atom is 0.137 e. The molecule has 0 saturated heterocycles. The summed E-state index contributed by atoms with van der Waals surface area (Å²) in [6, 6.07) is 0. The second-order valence-electron chi connectivity index (χ2n) is 4.71. The van der Waals surface area contributed by atoms with E-state index in [9.17, 15) is 9.59 Å². The molecule has 2 rings (SSSR count). The van der Waals surface area contributed by atoms with E-state index in [0.29, 0.717) is 24.4 Å². The third kappa shape index (κ3) is 0.869. The molecule has 2 heteroatoms. The summed E-state index contributed by atoms with van der Waals surface area (Å²) in [5.41, 5.74) is 0.0773. The van der Waals surface area contributed by atoms with Gasteiger partial charge in [0.25, 0.3) is 0 Å². The first-order chi connectivity index (χ1) is 5.52. The Morgan fingerprint density at radius 3 is 2.42 bits per heavy atom. The largest absolute Gasteiger partial charge is 0.299 e. The highest BCUT2D eigenvalue weighted by atomic mass is 16.1. The second-order valence-corrected chi connectivity index (χ2v) is 4.71. The molecule has 0 N–H and O–H groups in total. The monoisotopic (exact) mass is 166 g/mol. The number of carbonyl (C=O) groups excluding carboxylic acids is 2. The molecular weight excluding hydrogens is 152 g/mol. The van der Waals surface area contributed by atoms with Crippen LogP contribution >= 0.6 is 0 Å². The average molecular weight is 166 g/mol. The Hall–Kier alpha value is -0.660. The minimum atomic E-state index is 0.0544. The number of ketones is 2. The van der Waals surface area contributed by atoms with Gasteiger partial charge in [-0.15, -0.1) is 0 Å². The van der Waals surface area contributed by atoms with Crippen LogP contribution in [0.3, 0.4) is 0 Å². The number of hydrogen-bond donors (Lipinski definition) is 0. The van der Waals surface area contributed by atoms with Crippen LogP contribution in [0, 0.1) is 17.3 Å². The fourth-order valence-corrected chi connectivity index (χ4v) is 2.59. The molecule has 12 heavy (non-hydrogen) atoms. The van der Waals surface area contributed by atoms with Crippen LogP contribution in [0.2, 0.25) is 0 Å². The quantitative estimate of drug-likeness (QED) is 0.547. The summed E-state index contributed by atoms with van der Waals surface area (Å²) in [5, 5.41) is 0. The lowest BCUT2D eigenvalue weighted by molar-refractivity contribution is -0.155. The molecular formula is C10H14O2. The first kappa shape index (κ1) is 7.96. The highest BCUT2D eigenvalue weighted by Crippen LogP contribution is 2.50. The van der Waals surface area contributed by atoms with Crippen LogP contribution in [0.4, 0.5) is 0 Å². The van der Waals surface area contributed by atoms with Gasteiger partial charge in [-0.3, -0.25) is 9.59 Å². The van der Waals surface area contributed by atoms with Crippen molar-refractivity contribution in [2.45, 2.75) is 33.1 Å². The van der Waals surface area contributed by atoms with Gasteiger partial charge in [-0.25, -0.2) is 0 Å². The summed E-state index contributed by atoms with van der Waals surface area (Å²) in [5.74, 6) is 0.761. The van der Waals surface area contributed by atoms with E-state index in [-0.39, 0.29) is 17.3 Å². The summed E-state index contributed by atoms with van der Waals surface area (Å²) in [4.78, 5) is 22.6. The standard InChI is InChI=1S/C10H14O2/c1-10(2)4-3-7(11)6-5-8(12)9(6)10/h6,9H,3-5H2,1-2H3/t6-,9+/m0/s1. The van der Waals surface area contributed by atoms with Crippen molar-refractivity contribution < 1.29 is 9.59 Å². The van der Waals surface area contributed by atoms with Gasteiger partial charge in [-0.2, -0.15) is 0 Å². The lowest BCUT2D eigenvalue weighted by atomic mass is 9.53. The smallest absolute Gasteiger partial charge is 0.137 e. The van der Waals surface area contributed by atoms with Crippen LogP contribution in [0.25, 0.3) is 0 Å². The molecule has 2 fully saturated rings. The molecule has 2 atom stereocenters. The van der Waals surface area contributed by atoms with Crippen LogP contribution in [0.1, 0.15) is 33.1 Å². The molecule has 0 aromatic heterocycles. The molecule has 2 nitrogen and oxygen atoms in total. The van der Waals surface area contributed by atoms with Crippen molar-refractivity contribution in [1.29, 1.82) is 0 Å². The minimum absolute atomic E-state index is 0.0544. The van der Waals surface area contributed by atoms with Gasteiger partial charge >= 0.3 is 0 Å². The van der Waals surface area contributed by atoms with Gasteiger partial charge in [0.05, 0.1) is 0 Å². The number of Topliss-reactive ketones (excluding diaryl/α,β-unsaturated/α-hetero) is 2. The second kappa shape index (κ2) is 2.18. The average Bonchev–Trinajstić information content (AvgIpc) is 1.92. The normalized spacial score (nSPS) is 38.8. The Morgan fingerprint density at radius 1 is 1.25 bits per heavy atom. The van der Waals surface area contributed by atoms with Crippen LogP contribution in [0.5, 0.6) is 0 Å². The van der Waals surface area contributed by atoms with E-state index in [0.717, 1.165) is 6.42 Å². The van der Waals surface area contributed by atoms with E-state index < -0.39 is 0 Å². The molecule has 0 unspecified atom stereocenters. The third-order valence-corrected chi connectivity index (χ3v) is 3.44. The summed E-state index contributed by atoms with van der Waals surface area (Å²) >= 11 is 0. The van der Waals surface area contributed by atoms with Gasteiger partial charge in [0, 0.05) is 24.7 Å². The van der Waals surface area contributed by atoms with Gasteiger partial charge < -0.3 is 0 Å². The molecule has 2 aliphatic rings. The van der Waals surface area contributed by atoms with Crippen LogP contribution in [0.15, 0.2) is 0 Å². The van der Waals surface area contributed by atoms with E-state index in [4.69, 9.17) is 0 Å². The molecule has 0 spiro atoms. The van der Waals surface area contributed by atoms with E-state index in [1.165, 1.54) is 0 Å². The van der Waals surface area contributed by atoms with Gasteiger partial charge in [0.2, 0.25) is 0 Å². The SMILES string of the molecule is CC1(C)CCC(=O)[C@@H]2CC(=O)[C@@H]21. The number of carbonyl (C=O) groups is 2. The lowest BCUT2D eigenvalue weighted by Crippen LogP contribution is -2.53. The maximum absolute atomic E-state index is 11.3. The van der Waals surface area contributed by atoms with E-state index in [1.807, 2.05) is 0 Å². The zero-order chi connectivity index (χ0) is 8.93. The van der Waals surface area contributed by atoms with Crippen molar-refractivity contribution >= 4 is 11.6 Å². The van der Waals surface area contributed by atoms with Gasteiger partial charge in [0.1, 0.15) is 11.6 Å². The van der Waals surface area contributed by atoms with Crippen molar-refractivity contribution in [3.05, 3.63) is 0 Å². The zero-order valence-electron chi connectivity index (χ0n) is 7.59. The summed E-state index contributed by atoms with van der Waals surface area (Å²) in [7, 11) is 0. The maximum atomic E-state index is 11.3. The van der Waals surface area contributed by atoms with Crippen molar-refractivity contribution in [3.63, 3.8) is 0 Å². The number of fused-ring (bicyclic) bond motifs is 1. The topological polar surface area (TPSA) is 34.1 Å². The molecule has 0 aliphatic heterocycles. The Labute approximate surface area is 72.3 Å². The summed E-state index contributed by atoms with van der Waals surface area (Å²) in [6.07, 6.45) is 2.09. The van der Waals surface area contributed by atoms with Gasteiger partial charge in [-0.05, 0) is 11.8 Å². The number of rotatable bonds is 0. The highest BCUT2D eigenvalue weighted by Gasteiger charge is 2.54. The van der Waals surface area contributed by atoms with E-state index in [1.54, 1.807) is 0 Å². The van der Waals surface area contributed by atoms with E-state index in [2.05, 4.69) is 13.8 Å². The van der Waals surface area contributed by atoms with Crippen molar-refractivity contribution in [1.82, 2.24) is 0 Å². The molecule has 0 bridgehead atoms. The van der Waals surface area contributed by atoms with Gasteiger partial charge in [-0.1, -0.05) is 13.8 Å². The van der Waals surface area contributed by atoms with E-state index >= 15 is 0 Å². The molecule has 2 saturated carbocycles. The molecule has 66 valence electrons. The first-order valence-electron chi connectivity index (χ1n) is 4.58. The van der Waals surface area contributed by atoms with Crippen LogP contribution in [-0.4, -0.2) is 11.6 Å². The molecule has 0 amide bonds. The molecule has 0 radical (unpaired) electrons. The third-order valence-electron chi connectivity index (χ3n) is 3.44. The predicted molar refractivity (Wildman–Crippen MR) is 44.6 cm³/mol. The summed E-state index contributed by atoms with van der Waals surface area (Å²) < 4.78 is 0. The molecule has 0 aromatic carbocycles. The Bertz CT molecular complexity index is 253. The minimum Gasteiger partial charge on any atom is -0.299 e. The Kier molecular flexibility index (Phi) is 1.45. The number of hydrogen-bond acceptors (Lipinski definition) is 2. The Balaban J connectivity index is 2.25. The Morgan fingerprint density at radius 2 is 1.92 bits per heavy atom. The fraction of sp³-hybridized carbons (Fsp3) is 0.800. The highest BCUT2D eigenvalue weighted by molar-refractivity contribution is 6.00. The van der Waals surface area contributed by atoms with Crippen LogP contribution < -0.4 is 0 Å². The molecule has 2 aliphatic carbocycles. The predicted octanol–water partition coefficient (Wildman–Crippen LogP) is 1.58.